The van der Waals surface area contributed by atoms with Gasteiger partial charge in [0.15, 0.2) is 0 Å². The maximum atomic E-state index is 9.67. The van der Waals surface area contributed by atoms with Gasteiger partial charge >= 0.3 is 0 Å². The minimum absolute atomic E-state index is 0.352. The number of phenolic OH excluding ortho intramolecular Hbond substituents is 1. The summed E-state index contributed by atoms with van der Waals surface area (Å²) in [7, 11) is 0. The second kappa shape index (κ2) is 4.27. The maximum Gasteiger partial charge on any atom is 0.115 e. The summed E-state index contributed by atoms with van der Waals surface area (Å²) in [4.78, 5) is 0. The molecule has 0 spiro atoms. The Balaban J connectivity index is 1.89. The van der Waals surface area contributed by atoms with Crippen molar-refractivity contribution >= 4 is 0 Å². The van der Waals surface area contributed by atoms with Gasteiger partial charge in [0.05, 0.1) is 0 Å². The Morgan fingerprint density at radius 3 is 3.00 bits per heavy atom. The van der Waals surface area contributed by atoms with E-state index < -0.39 is 0 Å². The smallest absolute Gasteiger partial charge is 0.115 e. The van der Waals surface area contributed by atoms with Crippen molar-refractivity contribution in [1.82, 2.24) is 5.32 Å². The Hall–Kier alpha value is -1.02. The van der Waals surface area contributed by atoms with Crippen LogP contribution in [0.3, 0.4) is 0 Å². The molecule has 1 heterocycles. The summed E-state index contributed by atoms with van der Waals surface area (Å²) < 4.78 is 0. The number of fused-ring (bicyclic) bond motifs is 2. The first-order valence-corrected chi connectivity index (χ1v) is 7.11. The molecule has 2 nitrogen and oxygen atoms in total. The van der Waals surface area contributed by atoms with Crippen molar-refractivity contribution in [3.8, 4) is 5.75 Å². The highest BCUT2D eigenvalue weighted by Gasteiger charge is 2.43. The van der Waals surface area contributed by atoms with Crippen LogP contribution < -0.4 is 5.32 Å². The highest BCUT2D eigenvalue weighted by atomic mass is 16.3. The molecule has 1 aliphatic carbocycles. The number of rotatable bonds is 1. The maximum absolute atomic E-state index is 9.67. The van der Waals surface area contributed by atoms with Gasteiger partial charge in [-0.15, -0.1) is 0 Å². The lowest BCUT2D eigenvalue weighted by atomic mass is 9.62. The summed E-state index contributed by atoms with van der Waals surface area (Å²) in [6.45, 7) is 5.86. The molecule has 1 aromatic carbocycles. The number of piperidine rings is 1. The lowest BCUT2D eigenvalue weighted by Gasteiger charge is -2.50. The molecule has 0 radical (unpaired) electrons. The number of phenols is 1. The average Bonchev–Trinajstić information content (AvgIpc) is 2.35. The minimum atomic E-state index is 0.352. The van der Waals surface area contributed by atoms with Gasteiger partial charge in [0, 0.05) is 5.54 Å². The van der Waals surface area contributed by atoms with E-state index in [2.05, 4.69) is 25.2 Å². The fraction of sp³-hybridized carbons (Fsp3) is 0.625. The van der Waals surface area contributed by atoms with Crippen LogP contribution in [0.5, 0.6) is 5.75 Å². The van der Waals surface area contributed by atoms with E-state index in [0.29, 0.717) is 17.2 Å². The van der Waals surface area contributed by atoms with Gasteiger partial charge in [0.25, 0.3) is 0 Å². The number of aromatic hydroxyl groups is 1. The van der Waals surface area contributed by atoms with Crippen molar-refractivity contribution in [3.05, 3.63) is 29.8 Å². The molecule has 2 bridgehead atoms. The van der Waals surface area contributed by atoms with Gasteiger partial charge in [-0.2, -0.15) is 0 Å². The first kappa shape index (κ1) is 12.0. The molecule has 3 rings (SSSR count). The molecule has 2 fully saturated rings. The minimum Gasteiger partial charge on any atom is -0.508 e. The Bertz CT molecular complexity index is 444. The van der Waals surface area contributed by atoms with Crippen molar-refractivity contribution in [1.29, 1.82) is 0 Å². The molecule has 2 N–H and O–H groups in total. The third kappa shape index (κ3) is 2.03. The Morgan fingerprint density at radius 2 is 2.22 bits per heavy atom. The standard InChI is InChI=1S/C16H23NO/c1-11-10-17-16(2)7-6-14(15(11)9-16)12-4-3-5-13(18)8-12/h3-5,8,11,14-15,17-18H,6-7,9-10H2,1-2H3. The van der Waals surface area contributed by atoms with Crippen molar-refractivity contribution in [2.75, 3.05) is 6.54 Å². The van der Waals surface area contributed by atoms with Gasteiger partial charge in [0.2, 0.25) is 0 Å². The molecule has 1 saturated heterocycles. The van der Waals surface area contributed by atoms with E-state index in [4.69, 9.17) is 0 Å². The summed E-state index contributed by atoms with van der Waals surface area (Å²) in [6.07, 6.45) is 3.76. The second-order valence-corrected chi connectivity index (χ2v) is 6.53. The van der Waals surface area contributed by atoms with Crippen LogP contribution in [0.1, 0.15) is 44.6 Å². The Morgan fingerprint density at radius 1 is 1.39 bits per heavy atom. The van der Waals surface area contributed by atoms with E-state index in [1.807, 2.05) is 12.1 Å². The van der Waals surface area contributed by atoms with Gasteiger partial charge < -0.3 is 10.4 Å². The topological polar surface area (TPSA) is 32.3 Å². The first-order valence-electron chi connectivity index (χ1n) is 7.11. The van der Waals surface area contributed by atoms with E-state index in [-0.39, 0.29) is 0 Å². The molecule has 18 heavy (non-hydrogen) atoms. The quantitative estimate of drug-likeness (QED) is 0.796. The zero-order valence-corrected chi connectivity index (χ0v) is 11.3. The molecular formula is C16H23NO. The summed E-state index contributed by atoms with van der Waals surface area (Å²) in [5.41, 5.74) is 1.68. The number of hydrogen-bond donors (Lipinski definition) is 2. The zero-order valence-electron chi connectivity index (χ0n) is 11.3. The number of nitrogens with one attached hydrogen (secondary N) is 1. The zero-order chi connectivity index (χ0) is 12.8. The largest absolute Gasteiger partial charge is 0.508 e. The van der Waals surface area contributed by atoms with Gasteiger partial charge in [-0.1, -0.05) is 19.1 Å². The molecule has 2 heteroatoms. The van der Waals surface area contributed by atoms with E-state index >= 15 is 0 Å². The number of hydrogen-bond acceptors (Lipinski definition) is 2. The molecule has 4 unspecified atom stereocenters. The van der Waals surface area contributed by atoms with E-state index in [1.165, 1.54) is 24.8 Å². The lowest BCUT2D eigenvalue weighted by Crippen LogP contribution is -2.55. The van der Waals surface area contributed by atoms with Crippen molar-refractivity contribution in [2.24, 2.45) is 11.8 Å². The molecule has 0 amide bonds. The monoisotopic (exact) mass is 245 g/mol. The number of benzene rings is 1. The summed E-state index contributed by atoms with van der Waals surface area (Å²) in [5.74, 6) is 2.52. The van der Waals surface area contributed by atoms with Crippen molar-refractivity contribution in [2.45, 2.75) is 44.6 Å². The molecular weight excluding hydrogens is 222 g/mol. The molecule has 0 aromatic heterocycles. The summed E-state index contributed by atoms with van der Waals surface area (Å²) in [5, 5.41) is 13.4. The van der Waals surface area contributed by atoms with Gasteiger partial charge in [-0.3, -0.25) is 0 Å². The van der Waals surface area contributed by atoms with Crippen LogP contribution >= 0.6 is 0 Å². The summed E-state index contributed by atoms with van der Waals surface area (Å²) in [6, 6.07) is 7.89. The van der Waals surface area contributed by atoms with Gasteiger partial charge in [-0.05, 0) is 68.2 Å². The van der Waals surface area contributed by atoms with Crippen LogP contribution in [-0.4, -0.2) is 17.2 Å². The first-order chi connectivity index (χ1) is 8.57. The molecule has 4 atom stereocenters. The van der Waals surface area contributed by atoms with Crippen LogP contribution in [0.15, 0.2) is 24.3 Å². The van der Waals surface area contributed by atoms with Crippen LogP contribution in [0.2, 0.25) is 0 Å². The predicted molar refractivity (Wildman–Crippen MR) is 73.8 cm³/mol. The normalized spacial score (nSPS) is 39.6. The van der Waals surface area contributed by atoms with Gasteiger partial charge in [-0.25, -0.2) is 0 Å². The van der Waals surface area contributed by atoms with Crippen LogP contribution in [0.25, 0.3) is 0 Å². The highest BCUT2D eigenvalue weighted by molar-refractivity contribution is 5.31. The third-order valence-electron chi connectivity index (χ3n) is 5.09. The van der Waals surface area contributed by atoms with E-state index in [1.54, 1.807) is 6.07 Å². The fourth-order valence-corrected chi connectivity index (χ4v) is 3.94. The molecule has 1 aromatic rings. The molecule has 1 aliphatic heterocycles. The second-order valence-electron chi connectivity index (χ2n) is 6.53. The predicted octanol–water partition coefficient (Wildman–Crippen LogP) is 3.27. The Labute approximate surface area is 109 Å². The van der Waals surface area contributed by atoms with E-state index in [0.717, 1.165) is 18.4 Å². The van der Waals surface area contributed by atoms with E-state index in [9.17, 15) is 5.11 Å². The molecule has 2 aliphatic rings. The molecule has 98 valence electrons. The van der Waals surface area contributed by atoms with Crippen LogP contribution in [0, 0.1) is 11.8 Å². The fourth-order valence-electron chi connectivity index (χ4n) is 3.94. The van der Waals surface area contributed by atoms with Crippen molar-refractivity contribution < 1.29 is 5.11 Å². The lowest BCUT2D eigenvalue weighted by molar-refractivity contribution is 0.0802. The third-order valence-corrected chi connectivity index (χ3v) is 5.09. The molecule has 1 saturated carbocycles. The van der Waals surface area contributed by atoms with Crippen LogP contribution in [-0.2, 0) is 0 Å². The Kier molecular flexibility index (Phi) is 2.86. The van der Waals surface area contributed by atoms with Crippen molar-refractivity contribution in [3.63, 3.8) is 0 Å². The SMILES string of the molecule is CC1CNC2(C)CCC(c3cccc(O)c3)C1C2. The highest BCUT2D eigenvalue weighted by Crippen LogP contribution is 2.48. The van der Waals surface area contributed by atoms with Gasteiger partial charge in [0.1, 0.15) is 5.75 Å². The average molecular weight is 245 g/mol. The van der Waals surface area contributed by atoms with Crippen LogP contribution in [0.4, 0.5) is 0 Å². The summed E-state index contributed by atoms with van der Waals surface area (Å²) >= 11 is 0.